The van der Waals surface area contributed by atoms with E-state index in [1.54, 1.807) is 0 Å². The summed E-state index contributed by atoms with van der Waals surface area (Å²) >= 11 is 49.5. The third-order valence-electron chi connectivity index (χ3n) is 7.27. The summed E-state index contributed by atoms with van der Waals surface area (Å²) in [6.07, 6.45) is 2.51. The molecule has 2 amide bonds. The Hall–Kier alpha value is -2.09. The van der Waals surface area contributed by atoms with Gasteiger partial charge in [-0.3, -0.25) is 23.7 Å². The maximum absolute atomic E-state index is 13.7. The Morgan fingerprint density at radius 2 is 1.07 bits per heavy atom. The van der Waals surface area contributed by atoms with Crippen LogP contribution in [-0.4, -0.2) is 42.4 Å². The number of nitrogens with zero attached hydrogens (tertiary/aromatic N) is 2. The highest BCUT2D eigenvalue weighted by Gasteiger charge is 2.52. The number of anilines is 2. The quantitative estimate of drug-likeness (QED) is 0.0930. The predicted octanol–water partition coefficient (Wildman–Crippen LogP) is 8.41. The number of benzene rings is 3. The van der Waals surface area contributed by atoms with Crippen molar-refractivity contribution in [2.75, 3.05) is 9.21 Å². The minimum Gasteiger partial charge on any atom is -0.293 e. The van der Waals surface area contributed by atoms with Crippen LogP contribution in [-0.2, 0) is 10.3 Å². The number of fused-ring (bicyclic) bond motifs is 3. The summed E-state index contributed by atoms with van der Waals surface area (Å²) in [5, 5.41) is -2.72. The molecule has 6 rings (SSSR count). The van der Waals surface area contributed by atoms with E-state index in [0.717, 1.165) is 0 Å². The Balaban J connectivity index is 1.55. The fraction of sp³-hybridized carbons (Fsp3) is 0.0769. The Morgan fingerprint density at radius 3 is 1.50 bits per heavy atom. The summed E-state index contributed by atoms with van der Waals surface area (Å²) in [4.78, 5) is 55.3. The van der Waals surface area contributed by atoms with Crippen LogP contribution >= 0.6 is 92.8 Å². The van der Waals surface area contributed by atoms with Crippen molar-refractivity contribution in [3.63, 3.8) is 0 Å². The highest BCUT2D eigenvalue weighted by Crippen LogP contribution is 2.51. The Kier molecular flexibility index (Phi) is 7.78. The lowest BCUT2D eigenvalue weighted by molar-refractivity contribution is 0.0826. The van der Waals surface area contributed by atoms with Gasteiger partial charge in [0.05, 0.1) is 79.9 Å². The molecule has 18 heteroatoms. The van der Waals surface area contributed by atoms with Crippen molar-refractivity contribution in [2.24, 2.45) is 5.92 Å². The molecule has 1 atom stereocenters. The predicted molar refractivity (Wildman–Crippen MR) is 170 cm³/mol. The zero-order valence-electron chi connectivity index (χ0n) is 20.8. The van der Waals surface area contributed by atoms with E-state index >= 15 is 0 Å². The number of Topliss-reactive ketones (excluding diaryl/α,β-unsaturated/α-hetero) is 2. The number of hydrogen-bond donors (Lipinski definition) is 1. The second-order valence-electron chi connectivity index (χ2n) is 9.50. The van der Waals surface area contributed by atoms with E-state index in [-0.39, 0.29) is 62.6 Å². The summed E-state index contributed by atoms with van der Waals surface area (Å²) in [6.45, 7) is 0. The number of ketones is 2. The molecule has 3 aliphatic rings. The topological polar surface area (TPSA) is 129 Å². The Bertz CT molecular complexity index is 2010. The molecule has 9 nitrogen and oxygen atoms in total. The van der Waals surface area contributed by atoms with Crippen LogP contribution in [0.15, 0.2) is 24.3 Å². The van der Waals surface area contributed by atoms with Gasteiger partial charge in [0.15, 0.2) is 11.6 Å². The van der Waals surface area contributed by atoms with Crippen LogP contribution in [0.3, 0.4) is 0 Å². The average Bonchev–Trinajstić information content (AvgIpc) is 3.39. The fourth-order valence-electron chi connectivity index (χ4n) is 5.45. The smallest absolute Gasteiger partial charge is 0.293 e. The van der Waals surface area contributed by atoms with Gasteiger partial charge in [0, 0.05) is 5.56 Å². The van der Waals surface area contributed by atoms with Crippen LogP contribution < -0.4 is 9.21 Å². The molecule has 0 bridgehead atoms. The maximum Gasteiger partial charge on any atom is 0.360 e. The second-order valence-corrected chi connectivity index (χ2v) is 13.8. The summed E-state index contributed by atoms with van der Waals surface area (Å²) in [6, 6.07) is 2.23. The van der Waals surface area contributed by atoms with E-state index in [4.69, 9.17) is 92.8 Å². The van der Waals surface area contributed by atoms with Crippen molar-refractivity contribution < 1.29 is 32.1 Å². The molecule has 0 spiro atoms. The minimum atomic E-state index is -5.36. The van der Waals surface area contributed by atoms with Gasteiger partial charge in [0.1, 0.15) is 5.92 Å². The van der Waals surface area contributed by atoms with Crippen molar-refractivity contribution in [1.29, 1.82) is 0 Å². The first-order valence-corrected chi connectivity index (χ1v) is 16.2. The number of hydrogen-bond acceptors (Lipinski definition) is 6. The second kappa shape index (κ2) is 10.7. The van der Waals surface area contributed by atoms with Crippen molar-refractivity contribution in [3.8, 4) is 0 Å². The van der Waals surface area contributed by atoms with E-state index in [0.29, 0.717) is 9.21 Å². The van der Waals surface area contributed by atoms with Gasteiger partial charge < -0.3 is 0 Å². The molecule has 0 saturated heterocycles. The normalized spacial score (nSPS) is 18.0. The van der Waals surface area contributed by atoms with Crippen LogP contribution in [0.1, 0.15) is 47.0 Å². The number of carbonyl (C=O) groups excluding carboxylic acids is 4. The van der Waals surface area contributed by atoms with Crippen LogP contribution in [0.4, 0.5) is 11.4 Å². The van der Waals surface area contributed by atoms with Crippen molar-refractivity contribution in [1.82, 2.24) is 0 Å². The van der Waals surface area contributed by atoms with Crippen LogP contribution in [0.5, 0.6) is 0 Å². The van der Waals surface area contributed by atoms with E-state index in [1.165, 1.54) is 30.4 Å². The van der Waals surface area contributed by atoms with E-state index in [2.05, 4.69) is 0 Å². The van der Waals surface area contributed by atoms with E-state index < -0.39 is 62.5 Å². The summed E-state index contributed by atoms with van der Waals surface area (Å²) < 4.78 is 37.0. The number of imide groups is 1. The molecule has 2 heterocycles. The summed E-state index contributed by atoms with van der Waals surface area (Å²) in [7, 11) is -5.36. The molecule has 1 N–H and O–H groups in total. The molecule has 0 radical (unpaired) electrons. The van der Waals surface area contributed by atoms with Gasteiger partial charge >= 0.3 is 10.3 Å². The van der Waals surface area contributed by atoms with Gasteiger partial charge in [-0.15, -0.1) is 0 Å². The Morgan fingerprint density at radius 1 is 0.636 bits per heavy atom. The molecule has 2 aliphatic heterocycles. The summed E-state index contributed by atoms with van der Waals surface area (Å²) in [5.74, 6) is -5.88. The number of para-hydroxylation sites is 1. The zero-order chi connectivity index (χ0) is 32.3. The number of halogens is 8. The SMILES string of the molecule is O=C1c2c(Cl)c(Cl)c(Cl)c(Cl)c2C(=O)C1C1C=Cc2cccc(N3C(=O)c4c(Cl)c(Cl)c(Cl)c(Cl)c4C3=O)c2N1S(=O)(=O)O. The third-order valence-corrected chi connectivity index (χ3v) is 11.8. The first-order chi connectivity index (χ1) is 20.5. The van der Waals surface area contributed by atoms with Gasteiger partial charge in [0.2, 0.25) is 0 Å². The molecule has 0 saturated carbocycles. The lowest BCUT2D eigenvalue weighted by atomic mass is 9.90. The third kappa shape index (κ3) is 4.27. The van der Waals surface area contributed by atoms with Gasteiger partial charge in [-0.05, 0) is 6.07 Å². The monoisotopic (exact) mass is 772 g/mol. The highest BCUT2D eigenvalue weighted by molar-refractivity contribution is 7.87. The molecule has 44 heavy (non-hydrogen) atoms. The van der Waals surface area contributed by atoms with Gasteiger partial charge in [-0.1, -0.05) is 117 Å². The fourth-order valence-corrected chi connectivity index (χ4v) is 8.43. The van der Waals surface area contributed by atoms with E-state index in [1.807, 2.05) is 0 Å². The molecule has 226 valence electrons. The van der Waals surface area contributed by atoms with Crippen LogP contribution in [0.2, 0.25) is 40.2 Å². The number of rotatable bonds is 3. The number of carbonyl (C=O) groups is 4. The average molecular weight is 776 g/mol. The Labute approximate surface area is 287 Å². The van der Waals surface area contributed by atoms with E-state index in [9.17, 15) is 32.1 Å². The first-order valence-electron chi connectivity index (χ1n) is 11.8. The van der Waals surface area contributed by atoms with Gasteiger partial charge in [0.25, 0.3) is 11.8 Å². The van der Waals surface area contributed by atoms with Crippen molar-refractivity contribution >= 4 is 144 Å². The minimum absolute atomic E-state index is 0.0683. The van der Waals surface area contributed by atoms with Crippen LogP contribution in [0.25, 0.3) is 6.08 Å². The molecule has 1 unspecified atom stereocenters. The molecule has 1 aliphatic carbocycles. The number of amides is 2. The van der Waals surface area contributed by atoms with Crippen molar-refractivity contribution in [3.05, 3.63) is 92.3 Å². The molecule has 3 aromatic rings. The van der Waals surface area contributed by atoms with Crippen molar-refractivity contribution in [2.45, 2.75) is 6.04 Å². The molecule has 0 fully saturated rings. The lowest BCUT2D eigenvalue weighted by Crippen LogP contribution is -2.49. The summed E-state index contributed by atoms with van der Waals surface area (Å²) in [5.41, 5.74) is -2.32. The molecule has 3 aromatic carbocycles. The molecular weight excluding hydrogens is 768 g/mol. The zero-order valence-corrected chi connectivity index (χ0v) is 27.6. The molecule has 0 aromatic heterocycles. The highest BCUT2D eigenvalue weighted by atomic mass is 35.5. The van der Waals surface area contributed by atoms with Gasteiger partial charge in [-0.2, -0.15) is 8.42 Å². The lowest BCUT2D eigenvalue weighted by Gasteiger charge is -2.36. The maximum atomic E-state index is 13.7. The largest absolute Gasteiger partial charge is 0.360 e. The molecular formula is C26H8Cl8N2O7S. The van der Waals surface area contributed by atoms with Crippen LogP contribution in [0, 0.1) is 5.92 Å². The standard InChI is InChI=1S/C26H8Cl8N2O7S/c27-14-10-11(15(28)19(32)18(14)31)24(38)9(23(10)37)7-5-4-6-2-1-3-8(22(6)36(7)44(41,42)43)35-25(39)12-13(26(35)40)17(30)21(34)20(33)16(12)29/h1-5,7,9H,(H,41,42,43). The first kappa shape index (κ1) is 31.9. The van der Waals surface area contributed by atoms with Gasteiger partial charge in [-0.25, -0.2) is 9.21 Å².